The van der Waals surface area contributed by atoms with Crippen molar-refractivity contribution in [3.05, 3.63) is 54.3 Å². The summed E-state index contributed by atoms with van der Waals surface area (Å²) in [6, 6.07) is 14.7. The number of para-hydroxylation sites is 1. The van der Waals surface area contributed by atoms with Crippen LogP contribution in [-0.2, 0) is 4.79 Å². The first kappa shape index (κ1) is 15.0. The molecule has 3 nitrogen and oxygen atoms in total. The number of carbonyl (C=O) groups excluding carboxylic acids is 1. The number of fused-ring (bicyclic) bond motifs is 1. The Hall–Kier alpha value is -1.92. The summed E-state index contributed by atoms with van der Waals surface area (Å²) in [5.41, 5.74) is 0.307. The zero-order valence-corrected chi connectivity index (χ0v) is 13.2. The fourth-order valence-electron chi connectivity index (χ4n) is 1.93. The molecule has 0 saturated heterocycles. The zero-order chi connectivity index (χ0) is 15.4. The summed E-state index contributed by atoms with van der Waals surface area (Å²) in [5, 5.41) is 3.17. The molecule has 0 radical (unpaired) electrons. The summed E-state index contributed by atoms with van der Waals surface area (Å²) < 4.78 is 14.3. The van der Waals surface area contributed by atoms with E-state index in [2.05, 4.69) is 10.3 Å². The van der Waals surface area contributed by atoms with Crippen molar-refractivity contribution in [3.63, 3.8) is 0 Å². The number of amides is 1. The van der Waals surface area contributed by atoms with Crippen LogP contribution in [0.5, 0.6) is 0 Å². The van der Waals surface area contributed by atoms with Crippen LogP contribution in [0.4, 0.5) is 9.52 Å². The van der Waals surface area contributed by atoms with Crippen molar-refractivity contribution in [2.75, 3.05) is 11.1 Å². The number of hydrogen-bond acceptors (Lipinski definition) is 4. The van der Waals surface area contributed by atoms with Gasteiger partial charge in [-0.1, -0.05) is 35.6 Å². The molecule has 0 atom stereocenters. The first-order valence-corrected chi connectivity index (χ1v) is 8.55. The third-order valence-electron chi connectivity index (χ3n) is 2.96. The van der Waals surface area contributed by atoms with Crippen LogP contribution in [0.15, 0.2) is 53.4 Å². The second kappa shape index (κ2) is 6.89. The molecule has 0 fully saturated rings. The van der Waals surface area contributed by atoms with Gasteiger partial charge in [-0.05, 0) is 24.3 Å². The van der Waals surface area contributed by atoms with Crippen LogP contribution < -0.4 is 5.32 Å². The first-order chi connectivity index (χ1) is 10.7. The standard InChI is InChI=1S/C16H13FN2OS2/c17-12-7-4-8-13-15(12)19-16(22-13)18-14(20)9-10-21-11-5-2-1-3-6-11/h1-8H,9-10H2,(H,18,19,20). The number of thioether (sulfide) groups is 1. The van der Waals surface area contributed by atoms with Crippen molar-refractivity contribution < 1.29 is 9.18 Å². The Bertz CT molecular complexity index is 789. The first-order valence-electron chi connectivity index (χ1n) is 6.75. The third-order valence-corrected chi connectivity index (χ3v) is 4.91. The summed E-state index contributed by atoms with van der Waals surface area (Å²) >= 11 is 2.91. The topological polar surface area (TPSA) is 42.0 Å². The molecular formula is C16H13FN2OS2. The highest BCUT2D eigenvalue weighted by Gasteiger charge is 2.10. The van der Waals surface area contributed by atoms with Crippen LogP contribution in [0.25, 0.3) is 10.2 Å². The molecule has 1 aromatic heterocycles. The molecule has 0 saturated carbocycles. The number of halogens is 1. The van der Waals surface area contributed by atoms with Gasteiger partial charge < -0.3 is 5.32 Å². The van der Waals surface area contributed by atoms with Gasteiger partial charge in [-0.2, -0.15) is 0 Å². The van der Waals surface area contributed by atoms with Gasteiger partial charge in [-0.25, -0.2) is 9.37 Å². The van der Waals surface area contributed by atoms with Crippen molar-refractivity contribution in [1.82, 2.24) is 4.98 Å². The van der Waals surface area contributed by atoms with Gasteiger partial charge in [0, 0.05) is 17.1 Å². The number of rotatable bonds is 5. The van der Waals surface area contributed by atoms with Crippen LogP contribution in [0.2, 0.25) is 0 Å². The van der Waals surface area contributed by atoms with Crippen LogP contribution in [0.1, 0.15) is 6.42 Å². The minimum Gasteiger partial charge on any atom is -0.302 e. The summed E-state index contributed by atoms with van der Waals surface area (Å²) in [6.45, 7) is 0. The van der Waals surface area contributed by atoms with Crippen molar-refractivity contribution in [1.29, 1.82) is 0 Å². The number of hydrogen-bond donors (Lipinski definition) is 1. The van der Waals surface area contributed by atoms with Gasteiger partial charge in [0.1, 0.15) is 11.3 Å². The number of nitrogens with one attached hydrogen (secondary N) is 1. The highest BCUT2D eigenvalue weighted by Crippen LogP contribution is 2.27. The lowest BCUT2D eigenvalue weighted by Gasteiger charge is -2.02. The maximum atomic E-state index is 13.6. The Morgan fingerprint density at radius 2 is 2.00 bits per heavy atom. The molecule has 0 aliphatic heterocycles. The minimum atomic E-state index is -0.367. The van der Waals surface area contributed by atoms with Gasteiger partial charge in [0.2, 0.25) is 5.91 Å². The highest BCUT2D eigenvalue weighted by molar-refractivity contribution is 7.99. The van der Waals surface area contributed by atoms with Gasteiger partial charge in [-0.3, -0.25) is 4.79 Å². The molecule has 3 rings (SSSR count). The third kappa shape index (κ3) is 3.64. The minimum absolute atomic E-state index is 0.108. The van der Waals surface area contributed by atoms with E-state index in [1.807, 2.05) is 30.3 Å². The maximum Gasteiger partial charge on any atom is 0.226 e. The molecule has 2 aromatic carbocycles. The summed E-state index contributed by atoms with van der Waals surface area (Å²) in [7, 11) is 0. The number of carbonyl (C=O) groups is 1. The van der Waals surface area contributed by atoms with Crippen molar-refractivity contribution in [2.45, 2.75) is 11.3 Å². The smallest absolute Gasteiger partial charge is 0.226 e. The molecule has 0 unspecified atom stereocenters. The largest absolute Gasteiger partial charge is 0.302 e. The van der Waals surface area contributed by atoms with E-state index in [1.165, 1.54) is 17.4 Å². The lowest BCUT2D eigenvalue weighted by Crippen LogP contribution is -2.11. The Morgan fingerprint density at radius 3 is 2.77 bits per heavy atom. The quantitative estimate of drug-likeness (QED) is 0.697. The van der Waals surface area contributed by atoms with Crippen LogP contribution in [0, 0.1) is 5.82 Å². The monoisotopic (exact) mass is 332 g/mol. The molecule has 0 aliphatic carbocycles. The Balaban J connectivity index is 1.55. The van der Waals surface area contributed by atoms with Crippen LogP contribution >= 0.6 is 23.1 Å². The molecule has 6 heteroatoms. The molecule has 0 aliphatic rings. The van der Waals surface area contributed by atoms with E-state index in [-0.39, 0.29) is 11.7 Å². The van der Waals surface area contributed by atoms with Gasteiger partial charge in [-0.15, -0.1) is 11.8 Å². The summed E-state index contributed by atoms with van der Waals surface area (Å²) in [4.78, 5) is 17.2. The summed E-state index contributed by atoms with van der Waals surface area (Å²) in [6.07, 6.45) is 0.387. The fourth-order valence-corrected chi connectivity index (χ4v) is 3.70. The predicted octanol–water partition coefficient (Wildman–Crippen LogP) is 4.56. The average molecular weight is 332 g/mol. The van der Waals surface area contributed by atoms with E-state index in [1.54, 1.807) is 23.9 Å². The van der Waals surface area contributed by atoms with E-state index in [4.69, 9.17) is 0 Å². The average Bonchev–Trinajstić information content (AvgIpc) is 2.92. The molecule has 3 aromatic rings. The van der Waals surface area contributed by atoms with E-state index in [0.717, 1.165) is 9.60 Å². The van der Waals surface area contributed by atoms with Gasteiger partial charge in [0.25, 0.3) is 0 Å². The second-order valence-corrected chi connectivity index (χ2v) is 6.76. The lowest BCUT2D eigenvalue weighted by molar-refractivity contribution is -0.115. The Morgan fingerprint density at radius 1 is 1.18 bits per heavy atom. The Kier molecular flexibility index (Phi) is 4.70. The molecule has 112 valence electrons. The van der Waals surface area contributed by atoms with Crippen molar-refractivity contribution in [3.8, 4) is 0 Å². The molecular weight excluding hydrogens is 319 g/mol. The zero-order valence-electron chi connectivity index (χ0n) is 11.6. The van der Waals surface area contributed by atoms with Crippen molar-refractivity contribution in [2.24, 2.45) is 0 Å². The number of benzene rings is 2. The maximum absolute atomic E-state index is 13.6. The normalized spacial score (nSPS) is 10.8. The molecule has 0 bridgehead atoms. The van der Waals surface area contributed by atoms with Gasteiger partial charge in [0.15, 0.2) is 5.13 Å². The number of anilines is 1. The molecule has 0 spiro atoms. The second-order valence-electron chi connectivity index (χ2n) is 4.57. The van der Waals surface area contributed by atoms with Crippen LogP contribution in [-0.4, -0.2) is 16.6 Å². The van der Waals surface area contributed by atoms with Crippen LogP contribution in [0.3, 0.4) is 0 Å². The predicted molar refractivity (Wildman–Crippen MR) is 90.0 cm³/mol. The van der Waals surface area contributed by atoms with Crippen molar-refractivity contribution >= 4 is 44.4 Å². The highest BCUT2D eigenvalue weighted by atomic mass is 32.2. The number of thiazole rings is 1. The van der Waals surface area contributed by atoms with E-state index >= 15 is 0 Å². The molecule has 1 heterocycles. The molecule has 1 amide bonds. The molecule has 22 heavy (non-hydrogen) atoms. The van der Waals surface area contributed by atoms with Gasteiger partial charge in [0.05, 0.1) is 4.70 Å². The fraction of sp³-hybridized carbons (Fsp3) is 0.125. The number of nitrogens with zero attached hydrogens (tertiary/aromatic N) is 1. The van der Waals surface area contributed by atoms with Gasteiger partial charge >= 0.3 is 0 Å². The molecule has 1 N–H and O–H groups in total. The van der Waals surface area contributed by atoms with E-state index in [0.29, 0.717) is 22.8 Å². The lowest BCUT2D eigenvalue weighted by atomic mass is 10.3. The van der Waals surface area contributed by atoms with E-state index in [9.17, 15) is 9.18 Å². The summed E-state index contributed by atoms with van der Waals surface area (Å²) in [5.74, 6) is 0.214. The Labute approximate surface area is 135 Å². The number of aromatic nitrogens is 1. The van der Waals surface area contributed by atoms with E-state index < -0.39 is 0 Å². The SMILES string of the molecule is O=C(CCSc1ccccc1)Nc1nc2c(F)cccc2s1.